The van der Waals surface area contributed by atoms with Crippen LogP contribution in [0.25, 0.3) is 0 Å². The molecule has 0 spiro atoms. The third kappa shape index (κ3) is 8.61. The Kier molecular flexibility index (Phi) is 13.1. The normalized spacial score (nSPS) is 23.2. The maximum absolute atomic E-state index is 15.9. The fourth-order valence-electron chi connectivity index (χ4n) is 9.16. The highest BCUT2D eigenvalue weighted by Crippen LogP contribution is 2.47. The molecule has 4 aromatic rings. The summed E-state index contributed by atoms with van der Waals surface area (Å²) in [5.74, 6) is -6.70. The number of phenols is 2. The van der Waals surface area contributed by atoms with Crippen molar-refractivity contribution in [2.24, 2.45) is 35.1 Å². The fraction of sp³-hybridized carbons (Fsp3) is 0.400. The van der Waals surface area contributed by atoms with Crippen LogP contribution < -0.4 is 11.5 Å². The molecular weight excluding hydrogens is 715 g/mol. The van der Waals surface area contributed by atoms with Crippen LogP contribution in [0.1, 0.15) is 67.6 Å². The number of hydrogen-bond acceptors (Lipinski definition) is 9. The van der Waals surface area contributed by atoms with Crippen LogP contribution in [0.2, 0.25) is 0 Å². The van der Waals surface area contributed by atoms with Crippen molar-refractivity contribution in [1.82, 2.24) is 9.80 Å². The van der Waals surface area contributed by atoms with E-state index in [9.17, 15) is 19.8 Å². The average molecular weight is 767 g/mol. The van der Waals surface area contributed by atoms with Gasteiger partial charge in [0.15, 0.2) is 11.6 Å². The number of Topliss-reactive ketones (excluding diaryl/α,β-unsaturated/α-hetero) is 3. The van der Waals surface area contributed by atoms with E-state index in [1.54, 1.807) is 62.4 Å². The number of hydrogen-bond donors (Lipinski definition) is 4. The van der Waals surface area contributed by atoms with Gasteiger partial charge < -0.3 is 31.5 Å². The van der Waals surface area contributed by atoms with E-state index in [-0.39, 0.29) is 66.2 Å². The van der Waals surface area contributed by atoms with Crippen LogP contribution in [0.4, 0.5) is 8.78 Å². The molecule has 6 rings (SSSR count). The smallest absolute Gasteiger partial charge is 0.167 e. The Labute approximate surface area is 327 Å². The molecule has 9 nitrogen and oxygen atoms in total. The van der Waals surface area contributed by atoms with Crippen molar-refractivity contribution < 1.29 is 33.4 Å². The lowest BCUT2D eigenvalue weighted by Crippen LogP contribution is -2.56. The van der Waals surface area contributed by atoms with Gasteiger partial charge in [0.1, 0.15) is 28.9 Å². The van der Waals surface area contributed by atoms with Crippen molar-refractivity contribution in [1.29, 1.82) is 0 Å². The standard InChI is InChI=1S/C45H52F2N4O5/c1-27-33(13-5-15-39(27)46)41-35(43(54)29-9-3-11-31(52)21-29)23-50(19-7-17-48)25-37(41)45(56)38-26-51(20-8-18-49)24-36(44(55)30-10-4-12-32(53)22-30)42(38)34-14-6-16-40(47)28(34)2/h3-6,9-16,21-22,35-38,41-42,52-53H,7-8,17-20,23-26,48-49H2,1-2H3. The largest absolute Gasteiger partial charge is 0.508 e. The van der Waals surface area contributed by atoms with E-state index in [2.05, 4.69) is 9.80 Å². The van der Waals surface area contributed by atoms with Crippen LogP contribution in [-0.4, -0.2) is 89.7 Å². The molecule has 2 aliphatic heterocycles. The van der Waals surface area contributed by atoms with Gasteiger partial charge in [0.2, 0.25) is 0 Å². The van der Waals surface area contributed by atoms with Gasteiger partial charge in [0.05, 0.1) is 0 Å². The van der Waals surface area contributed by atoms with Crippen molar-refractivity contribution in [3.8, 4) is 11.5 Å². The summed E-state index contributed by atoms with van der Waals surface area (Å²) in [5.41, 5.74) is 14.2. The van der Waals surface area contributed by atoms with Crippen LogP contribution in [0, 0.1) is 49.2 Å². The quantitative estimate of drug-likeness (QED) is 0.114. The van der Waals surface area contributed by atoms with Crippen molar-refractivity contribution >= 4 is 17.3 Å². The molecule has 296 valence electrons. The Morgan fingerprint density at radius 1 is 0.607 bits per heavy atom. The summed E-state index contributed by atoms with van der Waals surface area (Å²) in [7, 11) is 0. The van der Waals surface area contributed by atoms with Gasteiger partial charge in [-0.3, -0.25) is 14.4 Å². The molecule has 0 aliphatic carbocycles. The van der Waals surface area contributed by atoms with Gasteiger partial charge in [-0.05, 0) is 112 Å². The van der Waals surface area contributed by atoms with Crippen molar-refractivity contribution in [3.63, 3.8) is 0 Å². The molecule has 0 aromatic heterocycles. The van der Waals surface area contributed by atoms with E-state index in [0.29, 0.717) is 61.3 Å². The number of carbonyl (C=O) groups excluding carboxylic acids is 3. The zero-order valence-electron chi connectivity index (χ0n) is 32.0. The molecule has 2 saturated heterocycles. The minimum absolute atomic E-state index is 0.0757. The van der Waals surface area contributed by atoms with E-state index in [1.165, 1.54) is 36.4 Å². The second kappa shape index (κ2) is 18.0. The lowest BCUT2D eigenvalue weighted by molar-refractivity contribution is -0.133. The lowest BCUT2D eigenvalue weighted by Gasteiger charge is -2.48. The highest BCUT2D eigenvalue weighted by Gasteiger charge is 2.51. The molecule has 6 atom stereocenters. The predicted octanol–water partition coefficient (Wildman–Crippen LogP) is 5.99. The zero-order valence-corrected chi connectivity index (χ0v) is 32.0. The third-order valence-corrected chi connectivity index (χ3v) is 11.9. The summed E-state index contributed by atoms with van der Waals surface area (Å²) in [6.07, 6.45) is 1.22. The van der Waals surface area contributed by atoms with E-state index in [4.69, 9.17) is 11.5 Å². The lowest BCUT2D eigenvalue weighted by atomic mass is 9.62. The molecule has 0 amide bonds. The number of ketones is 3. The van der Waals surface area contributed by atoms with E-state index in [1.807, 2.05) is 0 Å². The van der Waals surface area contributed by atoms with Gasteiger partial charge in [-0.2, -0.15) is 0 Å². The Bertz CT molecular complexity index is 1920. The van der Waals surface area contributed by atoms with Crippen LogP contribution in [0.3, 0.4) is 0 Å². The highest BCUT2D eigenvalue weighted by atomic mass is 19.1. The molecule has 6 N–H and O–H groups in total. The first kappa shape index (κ1) is 40.8. The van der Waals surface area contributed by atoms with Gasteiger partial charge in [0.25, 0.3) is 0 Å². The Hall–Kier alpha value is -4.81. The number of nitrogens with zero attached hydrogens (tertiary/aromatic N) is 2. The number of aromatic hydroxyl groups is 2. The van der Waals surface area contributed by atoms with Crippen molar-refractivity contribution in [3.05, 3.63) is 130 Å². The molecule has 0 saturated carbocycles. The maximum Gasteiger partial charge on any atom is 0.167 e. The first-order valence-corrected chi connectivity index (χ1v) is 19.5. The van der Waals surface area contributed by atoms with Gasteiger partial charge in [0, 0.05) is 72.8 Å². The second-order valence-electron chi connectivity index (χ2n) is 15.4. The molecule has 4 aromatic carbocycles. The number of nitrogens with two attached hydrogens (primary N) is 2. The summed E-state index contributed by atoms with van der Waals surface area (Å²) < 4.78 is 31.0. The first-order valence-electron chi connectivity index (χ1n) is 19.5. The first-order chi connectivity index (χ1) is 26.9. The van der Waals surface area contributed by atoms with Gasteiger partial charge in [-0.15, -0.1) is 0 Å². The minimum Gasteiger partial charge on any atom is -0.508 e. The minimum atomic E-state index is -0.847. The number of phenolic OH excluding ortho intramolecular Hbond substituents is 2. The Morgan fingerprint density at radius 2 is 0.982 bits per heavy atom. The molecule has 2 fully saturated rings. The number of likely N-dealkylation sites (tertiary alicyclic amines) is 2. The summed E-state index contributed by atoms with van der Waals surface area (Å²) in [6, 6.07) is 21.7. The number of rotatable bonds is 14. The van der Waals surface area contributed by atoms with Gasteiger partial charge >= 0.3 is 0 Å². The molecular formula is C45H52F2N4O5. The Balaban J connectivity index is 1.54. The predicted molar refractivity (Wildman–Crippen MR) is 212 cm³/mol. The van der Waals surface area contributed by atoms with Crippen LogP contribution >= 0.6 is 0 Å². The van der Waals surface area contributed by atoms with Crippen LogP contribution in [0.5, 0.6) is 11.5 Å². The summed E-state index contributed by atoms with van der Waals surface area (Å²) >= 11 is 0. The Morgan fingerprint density at radius 3 is 1.36 bits per heavy atom. The summed E-state index contributed by atoms with van der Waals surface area (Å²) in [6.45, 7) is 6.17. The van der Waals surface area contributed by atoms with E-state index >= 15 is 13.6 Å². The highest BCUT2D eigenvalue weighted by molar-refractivity contribution is 6.01. The summed E-state index contributed by atoms with van der Waals surface area (Å²) in [5, 5.41) is 20.7. The number of carbonyl (C=O) groups is 3. The molecule has 11 heteroatoms. The topological polar surface area (TPSA) is 150 Å². The number of halogens is 2. The zero-order chi connectivity index (χ0) is 40.1. The maximum atomic E-state index is 15.9. The van der Waals surface area contributed by atoms with E-state index in [0.717, 1.165) is 0 Å². The summed E-state index contributed by atoms with van der Waals surface area (Å²) in [4.78, 5) is 49.3. The van der Waals surface area contributed by atoms with Crippen LogP contribution in [0.15, 0.2) is 84.9 Å². The number of benzene rings is 4. The molecule has 0 bridgehead atoms. The van der Waals surface area contributed by atoms with Gasteiger partial charge in [-0.1, -0.05) is 48.5 Å². The van der Waals surface area contributed by atoms with Gasteiger partial charge in [-0.25, -0.2) is 8.78 Å². The van der Waals surface area contributed by atoms with Crippen molar-refractivity contribution in [2.75, 3.05) is 52.4 Å². The SMILES string of the molecule is Cc1c(F)cccc1C1C(C(=O)c2cccc(O)c2)CN(CCCN)CC1C(=O)C1CN(CCCN)CC(C(=O)c2cccc(O)c2)C1c1cccc(F)c1C. The second-order valence-corrected chi connectivity index (χ2v) is 15.4. The van der Waals surface area contributed by atoms with Crippen LogP contribution in [-0.2, 0) is 4.79 Å². The van der Waals surface area contributed by atoms with Crippen molar-refractivity contribution in [2.45, 2.75) is 38.5 Å². The molecule has 56 heavy (non-hydrogen) atoms. The average Bonchev–Trinajstić information content (AvgIpc) is 3.20. The van der Waals surface area contributed by atoms with E-state index < -0.39 is 47.1 Å². The fourth-order valence-corrected chi connectivity index (χ4v) is 9.16. The molecule has 2 aliphatic rings. The monoisotopic (exact) mass is 766 g/mol. The number of piperidine rings is 2. The molecule has 6 unspecified atom stereocenters. The third-order valence-electron chi connectivity index (χ3n) is 11.9. The molecule has 0 radical (unpaired) electrons. The molecule has 2 heterocycles.